The van der Waals surface area contributed by atoms with Crippen molar-refractivity contribution < 1.29 is 19.1 Å². The summed E-state index contributed by atoms with van der Waals surface area (Å²) in [5.74, 6) is 0.240. The maximum absolute atomic E-state index is 11.8. The molecule has 17 heavy (non-hydrogen) atoms. The molecule has 0 fully saturated rings. The molecule has 90 valence electrons. The molecule has 0 N–H and O–H groups in total. The van der Waals surface area contributed by atoms with E-state index in [2.05, 4.69) is 0 Å². The summed E-state index contributed by atoms with van der Waals surface area (Å²) in [6.45, 7) is 2.09. The summed E-state index contributed by atoms with van der Waals surface area (Å²) in [7, 11) is 0. The molecule has 1 atom stereocenters. The van der Waals surface area contributed by atoms with Gasteiger partial charge in [-0.2, -0.15) is 0 Å². The van der Waals surface area contributed by atoms with Crippen LogP contribution in [0.4, 0.5) is 0 Å². The molecule has 0 saturated heterocycles. The first-order valence-electron chi connectivity index (χ1n) is 5.65. The van der Waals surface area contributed by atoms with Gasteiger partial charge in [0.05, 0.1) is 18.6 Å². The van der Waals surface area contributed by atoms with Crippen molar-refractivity contribution >= 4 is 11.8 Å². The van der Waals surface area contributed by atoms with Gasteiger partial charge in [-0.25, -0.2) is 0 Å². The molecular formula is C13H14O4. The Morgan fingerprint density at radius 3 is 3.00 bits per heavy atom. The van der Waals surface area contributed by atoms with E-state index >= 15 is 0 Å². The third-order valence-electron chi connectivity index (χ3n) is 2.59. The van der Waals surface area contributed by atoms with Gasteiger partial charge >= 0.3 is 5.97 Å². The van der Waals surface area contributed by atoms with Gasteiger partial charge in [0, 0.05) is 6.42 Å². The molecule has 0 aromatic heterocycles. The lowest BCUT2D eigenvalue weighted by Gasteiger charge is -2.24. The number of fused-ring (bicyclic) bond motifs is 1. The predicted molar refractivity (Wildman–Crippen MR) is 61.1 cm³/mol. The van der Waals surface area contributed by atoms with Crippen LogP contribution in [0.15, 0.2) is 24.3 Å². The lowest BCUT2D eigenvalue weighted by atomic mass is 9.99. The molecule has 1 unspecified atom stereocenters. The number of benzene rings is 1. The van der Waals surface area contributed by atoms with Crippen molar-refractivity contribution in [3.63, 3.8) is 0 Å². The summed E-state index contributed by atoms with van der Waals surface area (Å²) in [4.78, 5) is 23.1. The summed E-state index contributed by atoms with van der Waals surface area (Å²) >= 11 is 0. The van der Waals surface area contributed by atoms with E-state index in [1.807, 2.05) is 0 Å². The van der Waals surface area contributed by atoms with Gasteiger partial charge in [-0.05, 0) is 19.1 Å². The lowest BCUT2D eigenvalue weighted by Crippen LogP contribution is -2.29. The SMILES string of the molecule is CCOC(=O)CC1CC(=O)c2ccccc2O1. The number of ether oxygens (including phenoxy) is 2. The van der Waals surface area contributed by atoms with Crippen LogP contribution in [0, 0.1) is 0 Å². The fourth-order valence-electron chi connectivity index (χ4n) is 1.86. The van der Waals surface area contributed by atoms with E-state index in [-0.39, 0.29) is 24.6 Å². The van der Waals surface area contributed by atoms with E-state index in [4.69, 9.17) is 9.47 Å². The van der Waals surface area contributed by atoms with Crippen LogP contribution < -0.4 is 4.74 Å². The standard InChI is InChI=1S/C13H14O4/c1-2-16-13(15)8-9-7-11(14)10-5-3-4-6-12(10)17-9/h3-6,9H,2,7-8H2,1H3. The summed E-state index contributed by atoms with van der Waals surface area (Å²) in [5.41, 5.74) is 0.590. The molecule has 1 aromatic rings. The monoisotopic (exact) mass is 234 g/mol. The number of para-hydroxylation sites is 1. The summed E-state index contributed by atoms with van der Waals surface area (Å²) in [6.07, 6.45) is -0.0551. The maximum atomic E-state index is 11.8. The van der Waals surface area contributed by atoms with Crippen molar-refractivity contribution in [2.24, 2.45) is 0 Å². The molecule has 0 bridgehead atoms. The van der Waals surface area contributed by atoms with Crippen LogP contribution in [-0.4, -0.2) is 24.5 Å². The Morgan fingerprint density at radius 2 is 2.24 bits per heavy atom. The highest BCUT2D eigenvalue weighted by atomic mass is 16.5. The largest absolute Gasteiger partial charge is 0.489 e. The first-order chi connectivity index (χ1) is 8.20. The number of ketones is 1. The number of hydrogen-bond acceptors (Lipinski definition) is 4. The molecule has 4 nitrogen and oxygen atoms in total. The molecule has 1 heterocycles. The van der Waals surface area contributed by atoms with Crippen LogP contribution in [-0.2, 0) is 9.53 Å². The quantitative estimate of drug-likeness (QED) is 0.750. The van der Waals surface area contributed by atoms with Crippen LogP contribution >= 0.6 is 0 Å². The summed E-state index contributed by atoms with van der Waals surface area (Å²) in [5, 5.41) is 0. The normalized spacial score (nSPS) is 18.2. The average Bonchev–Trinajstić information content (AvgIpc) is 2.29. The predicted octanol–water partition coefficient (Wildman–Crippen LogP) is 1.97. The zero-order valence-corrected chi connectivity index (χ0v) is 9.64. The van der Waals surface area contributed by atoms with Crippen LogP contribution in [0.5, 0.6) is 5.75 Å². The maximum Gasteiger partial charge on any atom is 0.309 e. The average molecular weight is 234 g/mol. The van der Waals surface area contributed by atoms with Crippen molar-refractivity contribution in [1.82, 2.24) is 0 Å². The molecule has 0 amide bonds. The van der Waals surface area contributed by atoms with E-state index in [1.165, 1.54) is 0 Å². The fraction of sp³-hybridized carbons (Fsp3) is 0.385. The molecule has 0 radical (unpaired) electrons. The molecule has 0 spiro atoms. The van der Waals surface area contributed by atoms with Gasteiger partial charge in [-0.1, -0.05) is 12.1 Å². The number of carbonyl (C=O) groups excluding carboxylic acids is 2. The number of Topliss-reactive ketones (excluding diaryl/α,β-unsaturated/α-hetero) is 1. The Kier molecular flexibility index (Phi) is 3.42. The summed E-state index contributed by atoms with van der Waals surface area (Å²) in [6, 6.07) is 7.08. The van der Waals surface area contributed by atoms with Crippen LogP contribution in [0.2, 0.25) is 0 Å². The Bertz CT molecular complexity index is 439. The second-order valence-corrected chi connectivity index (χ2v) is 3.87. The second-order valence-electron chi connectivity index (χ2n) is 3.87. The van der Waals surface area contributed by atoms with Crippen molar-refractivity contribution in [3.05, 3.63) is 29.8 Å². The Morgan fingerprint density at radius 1 is 1.47 bits per heavy atom. The molecule has 1 aromatic carbocycles. The minimum atomic E-state index is -0.406. The lowest BCUT2D eigenvalue weighted by molar-refractivity contribution is -0.144. The highest BCUT2D eigenvalue weighted by Gasteiger charge is 2.28. The minimum absolute atomic E-state index is 0.0150. The molecule has 2 rings (SSSR count). The van der Waals surface area contributed by atoms with Crippen molar-refractivity contribution in [3.8, 4) is 5.75 Å². The fourth-order valence-corrected chi connectivity index (χ4v) is 1.86. The van der Waals surface area contributed by atoms with E-state index in [0.717, 1.165) is 0 Å². The van der Waals surface area contributed by atoms with Gasteiger partial charge in [-0.3, -0.25) is 9.59 Å². The first kappa shape index (κ1) is 11.6. The highest BCUT2D eigenvalue weighted by molar-refractivity contribution is 6.00. The third kappa shape index (κ3) is 2.64. The zero-order chi connectivity index (χ0) is 12.3. The van der Waals surface area contributed by atoms with Crippen molar-refractivity contribution in [2.45, 2.75) is 25.9 Å². The molecule has 1 aliphatic rings. The minimum Gasteiger partial charge on any atom is -0.489 e. The zero-order valence-electron chi connectivity index (χ0n) is 9.64. The van der Waals surface area contributed by atoms with Gasteiger partial charge in [0.2, 0.25) is 0 Å². The Labute approximate surface area is 99.5 Å². The number of rotatable bonds is 3. The molecule has 0 saturated carbocycles. The summed E-state index contributed by atoms with van der Waals surface area (Å²) < 4.78 is 10.4. The second kappa shape index (κ2) is 4.99. The van der Waals surface area contributed by atoms with Gasteiger partial charge in [0.25, 0.3) is 0 Å². The first-order valence-corrected chi connectivity index (χ1v) is 5.65. The van der Waals surface area contributed by atoms with Gasteiger partial charge in [0.15, 0.2) is 5.78 Å². The highest BCUT2D eigenvalue weighted by Crippen LogP contribution is 2.28. The topological polar surface area (TPSA) is 52.6 Å². The van der Waals surface area contributed by atoms with E-state index < -0.39 is 6.10 Å². The van der Waals surface area contributed by atoms with E-state index in [9.17, 15) is 9.59 Å². The van der Waals surface area contributed by atoms with Crippen LogP contribution in [0.25, 0.3) is 0 Å². The molecule has 1 aliphatic heterocycles. The van der Waals surface area contributed by atoms with Gasteiger partial charge in [0.1, 0.15) is 11.9 Å². The molecular weight excluding hydrogens is 220 g/mol. The van der Waals surface area contributed by atoms with Crippen LogP contribution in [0.3, 0.4) is 0 Å². The van der Waals surface area contributed by atoms with Gasteiger partial charge < -0.3 is 9.47 Å². The molecule has 0 aliphatic carbocycles. The third-order valence-corrected chi connectivity index (χ3v) is 2.59. The number of carbonyl (C=O) groups is 2. The number of hydrogen-bond donors (Lipinski definition) is 0. The van der Waals surface area contributed by atoms with Gasteiger partial charge in [-0.15, -0.1) is 0 Å². The van der Waals surface area contributed by atoms with Crippen molar-refractivity contribution in [2.75, 3.05) is 6.61 Å². The molecule has 4 heteroatoms. The van der Waals surface area contributed by atoms with Crippen molar-refractivity contribution in [1.29, 1.82) is 0 Å². The number of esters is 1. The smallest absolute Gasteiger partial charge is 0.309 e. The Balaban J connectivity index is 2.07. The Hall–Kier alpha value is -1.84. The van der Waals surface area contributed by atoms with E-state index in [1.54, 1.807) is 31.2 Å². The van der Waals surface area contributed by atoms with Crippen LogP contribution in [0.1, 0.15) is 30.1 Å². The van der Waals surface area contributed by atoms with E-state index in [0.29, 0.717) is 17.9 Å².